The van der Waals surface area contributed by atoms with Gasteiger partial charge < -0.3 is 14.7 Å². The molecule has 0 amide bonds. The normalized spacial score (nSPS) is 17.1. The summed E-state index contributed by atoms with van der Waals surface area (Å²) in [5.74, 6) is 0. The molecule has 1 heterocycles. The monoisotopic (exact) mass is 314 g/mol. The lowest BCUT2D eigenvalue weighted by atomic mass is 10.1. The molecule has 0 radical (unpaired) electrons. The van der Waals surface area contributed by atoms with Crippen LogP contribution in [0.2, 0.25) is 0 Å². The van der Waals surface area contributed by atoms with Crippen LogP contribution in [0.25, 0.3) is 0 Å². The predicted octanol–water partition coefficient (Wildman–Crippen LogP) is 0.572. The van der Waals surface area contributed by atoms with Gasteiger partial charge in [-0.2, -0.15) is 0 Å². The molecule has 1 aromatic rings. The molecule has 118 valence electrons. The summed E-state index contributed by atoms with van der Waals surface area (Å²) in [4.78, 5) is 2.38. The van der Waals surface area contributed by atoms with E-state index in [1.54, 1.807) is 12.1 Å². The van der Waals surface area contributed by atoms with Gasteiger partial charge in [0, 0.05) is 13.1 Å². The van der Waals surface area contributed by atoms with Crippen LogP contribution < -0.4 is 9.62 Å². The zero-order valence-electron chi connectivity index (χ0n) is 12.2. The Kier molecular flexibility index (Phi) is 5.58. The van der Waals surface area contributed by atoms with Gasteiger partial charge >= 0.3 is 0 Å². The SMILES string of the molecule is CNS(=O)(=O)c1ccccc1N1CCC(OCCO)CC1. The molecule has 0 spiro atoms. The van der Waals surface area contributed by atoms with Crippen LogP contribution >= 0.6 is 0 Å². The summed E-state index contributed by atoms with van der Waals surface area (Å²) in [7, 11) is -2.04. The minimum absolute atomic E-state index is 0.0312. The van der Waals surface area contributed by atoms with E-state index >= 15 is 0 Å². The number of para-hydroxylation sites is 1. The maximum atomic E-state index is 12.1. The number of aliphatic hydroxyl groups is 1. The fourth-order valence-corrected chi connectivity index (χ4v) is 3.49. The third-order valence-corrected chi connectivity index (χ3v) is 5.11. The van der Waals surface area contributed by atoms with E-state index in [2.05, 4.69) is 9.62 Å². The summed E-state index contributed by atoms with van der Waals surface area (Å²) in [6, 6.07) is 7.03. The smallest absolute Gasteiger partial charge is 0.242 e. The number of nitrogens with zero attached hydrogens (tertiary/aromatic N) is 1. The number of sulfonamides is 1. The maximum Gasteiger partial charge on any atom is 0.242 e. The third kappa shape index (κ3) is 3.94. The molecule has 7 heteroatoms. The van der Waals surface area contributed by atoms with Crippen LogP contribution in [0.15, 0.2) is 29.2 Å². The number of piperidine rings is 1. The van der Waals surface area contributed by atoms with Crippen molar-refractivity contribution >= 4 is 15.7 Å². The fraction of sp³-hybridized carbons (Fsp3) is 0.571. The van der Waals surface area contributed by atoms with Crippen molar-refractivity contribution < 1.29 is 18.3 Å². The van der Waals surface area contributed by atoms with E-state index in [1.165, 1.54) is 7.05 Å². The Hall–Kier alpha value is -1.15. The van der Waals surface area contributed by atoms with Crippen molar-refractivity contribution in [3.8, 4) is 0 Å². The second kappa shape index (κ2) is 7.22. The summed E-state index contributed by atoms with van der Waals surface area (Å²) in [5.41, 5.74) is 0.729. The lowest BCUT2D eigenvalue weighted by Crippen LogP contribution is -2.38. The number of anilines is 1. The molecule has 1 fully saturated rings. The second-order valence-corrected chi connectivity index (χ2v) is 6.81. The zero-order chi connectivity index (χ0) is 15.3. The first-order valence-electron chi connectivity index (χ1n) is 7.08. The van der Waals surface area contributed by atoms with Crippen LogP contribution in [0.1, 0.15) is 12.8 Å². The lowest BCUT2D eigenvalue weighted by Gasteiger charge is -2.34. The van der Waals surface area contributed by atoms with Crippen molar-refractivity contribution in [2.24, 2.45) is 0 Å². The average Bonchev–Trinajstić information content (AvgIpc) is 2.53. The molecular formula is C14H22N2O4S. The van der Waals surface area contributed by atoms with Gasteiger partial charge in [-0.3, -0.25) is 0 Å². The van der Waals surface area contributed by atoms with Crippen LogP contribution in [0.3, 0.4) is 0 Å². The highest BCUT2D eigenvalue weighted by molar-refractivity contribution is 7.89. The van der Waals surface area contributed by atoms with Crippen LogP contribution in [0, 0.1) is 0 Å². The molecule has 2 N–H and O–H groups in total. The Bertz CT molecular complexity index is 554. The van der Waals surface area contributed by atoms with Gasteiger partial charge in [-0.05, 0) is 32.0 Å². The molecule has 1 aromatic carbocycles. The van der Waals surface area contributed by atoms with E-state index in [-0.39, 0.29) is 12.7 Å². The number of benzene rings is 1. The highest BCUT2D eigenvalue weighted by Gasteiger charge is 2.24. The van der Waals surface area contributed by atoms with Crippen LogP contribution in [-0.2, 0) is 14.8 Å². The molecule has 1 saturated heterocycles. The summed E-state index contributed by atoms with van der Waals surface area (Å²) >= 11 is 0. The number of ether oxygens (including phenoxy) is 1. The number of hydrogen-bond donors (Lipinski definition) is 2. The predicted molar refractivity (Wildman–Crippen MR) is 81.0 cm³/mol. The topological polar surface area (TPSA) is 78.9 Å². The van der Waals surface area contributed by atoms with E-state index in [9.17, 15) is 8.42 Å². The number of nitrogens with one attached hydrogen (secondary N) is 1. The van der Waals surface area contributed by atoms with E-state index in [0.717, 1.165) is 31.6 Å². The van der Waals surface area contributed by atoms with E-state index in [1.807, 2.05) is 12.1 Å². The highest BCUT2D eigenvalue weighted by Crippen LogP contribution is 2.28. The Labute approximate surface area is 125 Å². The molecule has 21 heavy (non-hydrogen) atoms. The Balaban J connectivity index is 2.11. The first-order valence-corrected chi connectivity index (χ1v) is 8.57. The van der Waals surface area contributed by atoms with Gasteiger partial charge in [0.15, 0.2) is 0 Å². The molecular weight excluding hydrogens is 292 g/mol. The first-order chi connectivity index (χ1) is 10.1. The van der Waals surface area contributed by atoms with Gasteiger partial charge in [0.25, 0.3) is 0 Å². The zero-order valence-corrected chi connectivity index (χ0v) is 13.0. The van der Waals surface area contributed by atoms with Gasteiger partial charge in [-0.15, -0.1) is 0 Å². The van der Waals surface area contributed by atoms with Gasteiger partial charge in [0.2, 0.25) is 10.0 Å². The fourth-order valence-electron chi connectivity index (χ4n) is 2.54. The standard InChI is InChI=1S/C14H22N2O4S/c1-15-21(18,19)14-5-3-2-4-13(14)16-8-6-12(7-9-16)20-11-10-17/h2-5,12,15,17H,6-11H2,1H3. The molecule has 2 rings (SSSR count). The number of hydrogen-bond acceptors (Lipinski definition) is 5. The van der Waals surface area contributed by atoms with E-state index < -0.39 is 10.0 Å². The summed E-state index contributed by atoms with van der Waals surface area (Å²) in [6.45, 7) is 1.87. The van der Waals surface area contributed by atoms with Crippen molar-refractivity contribution in [2.45, 2.75) is 23.8 Å². The summed E-state index contributed by atoms with van der Waals surface area (Å²) in [5, 5.41) is 8.77. The average molecular weight is 314 g/mol. The minimum atomic E-state index is -3.46. The Morgan fingerprint density at radius 2 is 2.00 bits per heavy atom. The third-order valence-electron chi connectivity index (χ3n) is 3.65. The second-order valence-electron chi connectivity index (χ2n) is 4.96. The Morgan fingerprint density at radius 3 is 2.62 bits per heavy atom. The van der Waals surface area contributed by atoms with E-state index in [0.29, 0.717) is 11.5 Å². The Morgan fingerprint density at radius 1 is 1.33 bits per heavy atom. The van der Waals surface area contributed by atoms with Crippen molar-refractivity contribution in [3.63, 3.8) is 0 Å². The molecule has 1 aliphatic rings. The van der Waals surface area contributed by atoms with Crippen LogP contribution in [-0.4, -0.2) is 53.0 Å². The van der Waals surface area contributed by atoms with E-state index in [4.69, 9.17) is 9.84 Å². The van der Waals surface area contributed by atoms with Crippen molar-refractivity contribution in [3.05, 3.63) is 24.3 Å². The minimum Gasteiger partial charge on any atom is -0.394 e. The van der Waals surface area contributed by atoms with Gasteiger partial charge in [-0.25, -0.2) is 13.1 Å². The molecule has 0 unspecified atom stereocenters. The molecule has 1 aliphatic heterocycles. The largest absolute Gasteiger partial charge is 0.394 e. The van der Waals surface area contributed by atoms with Crippen molar-refractivity contribution in [2.75, 3.05) is 38.3 Å². The molecule has 0 atom stereocenters. The van der Waals surface area contributed by atoms with Crippen molar-refractivity contribution in [1.29, 1.82) is 0 Å². The first kappa shape index (κ1) is 16.2. The number of rotatable bonds is 6. The molecule has 0 saturated carbocycles. The quantitative estimate of drug-likeness (QED) is 0.803. The van der Waals surface area contributed by atoms with Crippen LogP contribution in [0.5, 0.6) is 0 Å². The van der Waals surface area contributed by atoms with Gasteiger partial charge in [0.1, 0.15) is 4.90 Å². The van der Waals surface area contributed by atoms with Gasteiger partial charge in [-0.1, -0.05) is 12.1 Å². The molecule has 6 nitrogen and oxygen atoms in total. The van der Waals surface area contributed by atoms with Crippen molar-refractivity contribution in [1.82, 2.24) is 4.72 Å². The van der Waals surface area contributed by atoms with Crippen LogP contribution in [0.4, 0.5) is 5.69 Å². The summed E-state index contributed by atoms with van der Waals surface area (Å²) in [6.07, 6.45) is 1.79. The molecule has 0 bridgehead atoms. The lowest BCUT2D eigenvalue weighted by molar-refractivity contribution is 0.0158. The molecule has 0 aromatic heterocycles. The maximum absolute atomic E-state index is 12.1. The summed E-state index contributed by atoms with van der Waals surface area (Å²) < 4.78 is 32.1. The van der Waals surface area contributed by atoms with Gasteiger partial charge in [0.05, 0.1) is 25.0 Å². The highest BCUT2D eigenvalue weighted by atomic mass is 32.2. The molecule has 0 aliphatic carbocycles. The number of aliphatic hydroxyl groups excluding tert-OH is 1.